The van der Waals surface area contributed by atoms with Crippen LogP contribution in [0.3, 0.4) is 0 Å². The molecule has 1 unspecified atom stereocenters. The number of halogens is 2. The molecule has 148 valence electrons. The number of carbonyl (C=O) groups is 1. The van der Waals surface area contributed by atoms with Crippen molar-refractivity contribution in [3.05, 3.63) is 95.1 Å². The molecule has 29 heavy (non-hydrogen) atoms. The first kappa shape index (κ1) is 19.1. The molecule has 4 rings (SSSR count). The Morgan fingerprint density at radius 3 is 2.48 bits per heavy atom. The van der Waals surface area contributed by atoms with Crippen LogP contribution in [0.5, 0.6) is 0 Å². The topological polar surface area (TPSA) is 52.6 Å². The van der Waals surface area contributed by atoms with E-state index in [-0.39, 0.29) is 5.69 Å². The Bertz CT molecular complexity index is 1070. The molecule has 1 aliphatic heterocycles. The van der Waals surface area contributed by atoms with Crippen LogP contribution < -0.4 is 10.2 Å². The van der Waals surface area contributed by atoms with Crippen LogP contribution in [0.15, 0.2) is 66.7 Å². The van der Waals surface area contributed by atoms with Crippen molar-refractivity contribution >= 4 is 17.3 Å². The number of carbonyl (C=O) groups excluding carboxylic acids is 1. The maximum Gasteiger partial charge on any atom is 0.260 e. The van der Waals surface area contributed by atoms with Crippen LogP contribution in [0.1, 0.15) is 16.7 Å². The van der Waals surface area contributed by atoms with Crippen molar-refractivity contribution in [3.63, 3.8) is 0 Å². The second kappa shape index (κ2) is 7.29. The lowest BCUT2D eigenvalue weighted by Crippen LogP contribution is -2.48. The molecule has 3 aromatic rings. The number of nitrogens with zero attached hydrogens (tertiary/aromatic N) is 1. The van der Waals surface area contributed by atoms with Crippen molar-refractivity contribution in [2.45, 2.75) is 19.0 Å². The first-order valence-corrected chi connectivity index (χ1v) is 9.26. The fraction of sp³-hybridized carbons (Fsp3) is 0.174. The Hall–Kier alpha value is -3.25. The van der Waals surface area contributed by atoms with Crippen molar-refractivity contribution < 1.29 is 18.7 Å². The highest BCUT2D eigenvalue weighted by molar-refractivity contribution is 6.09. The lowest BCUT2D eigenvalue weighted by Gasteiger charge is -2.29. The molecule has 0 bridgehead atoms. The van der Waals surface area contributed by atoms with Crippen molar-refractivity contribution in [2.24, 2.45) is 0 Å². The number of aryl methyl sites for hydroxylation is 1. The average molecular weight is 394 g/mol. The quantitative estimate of drug-likeness (QED) is 0.685. The number of aliphatic hydroxyl groups is 1. The number of amides is 1. The van der Waals surface area contributed by atoms with Gasteiger partial charge in [0.25, 0.3) is 5.91 Å². The third kappa shape index (κ3) is 3.25. The van der Waals surface area contributed by atoms with E-state index < -0.39 is 29.7 Å². The molecule has 6 heteroatoms. The van der Waals surface area contributed by atoms with Gasteiger partial charge in [-0.05, 0) is 30.7 Å². The summed E-state index contributed by atoms with van der Waals surface area (Å²) in [6.45, 7) is 1.61. The van der Waals surface area contributed by atoms with E-state index in [2.05, 4.69) is 5.32 Å². The van der Waals surface area contributed by atoms with E-state index in [4.69, 9.17) is 0 Å². The zero-order valence-corrected chi connectivity index (χ0v) is 15.8. The number of anilines is 2. The molecule has 2 N–H and O–H groups in total. The van der Waals surface area contributed by atoms with Crippen LogP contribution in [0, 0.1) is 18.6 Å². The Morgan fingerprint density at radius 2 is 1.79 bits per heavy atom. The second-order valence-corrected chi connectivity index (χ2v) is 7.21. The molecule has 1 aliphatic rings. The Labute approximate surface area is 167 Å². The molecule has 0 aromatic heterocycles. The summed E-state index contributed by atoms with van der Waals surface area (Å²) in [7, 11) is 0. The molecular weight excluding hydrogens is 374 g/mol. The summed E-state index contributed by atoms with van der Waals surface area (Å²) in [5, 5.41) is 13.2. The molecule has 1 heterocycles. The second-order valence-electron chi connectivity index (χ2n) is 7.21. The normalized spacial score (nSPS) is 18.1. The van der Waals surface area contributed by atoms with Gasteiger partial charge in [0.15, 0.2) is 5.54 Å². The lowest BCUT2D eigenvalue weighted by molar-refractivity contribution is -0.123. The maximum absolute atomic E-state index is 14.3. The summed E-state index contributed by atoms with van der Waals surface area (Å²) >= 11 is 0. The van der Waals surface area contributed by atoms with Crippen LogP contribution in [-0.2, 0) is 16.9 Å². The van der Waals surface area contributed by atoms with Gasteiger partial charge in [-0.1, -0.05) is 48.0 Å². The smallest absolute Gasteiger partial charge is 0.260 e. The molecule has 0 saturated carbocycles. The molecule has 1 atom stereocenters. The summed E-state index contributed by atoms with van der Waals surface area (Å²) in [4.78, 5) is 15.1. The molecular formula is C23H20F2N2O2. The number of aliphatic hydroxyl groups excluding tert-OH is 1. The molecule has 3 aromatic carbocycles. The minimum atomic E-state index is -1.56. The zero-order valence-electron chi connectivity index (χ0n) is 15.8. The third-order valence-electron chi connectivity index (χ3n) is 5.21. The number of hydrogen-bond acceptors (Lipinski definition) is 3. The van der Waals surface area contributed by atoms with Crippen molar-refractivity contribution in [1.82, 2.24) is 0 Å². The number of benzene rings is 3. The van der Waals surface area contributed by atoms with Crippen LogP contribution in [0.4, 0.5) is 20.2 Å². The number of hydrogen-bond donors (Lipinski definition) is 2. The minimum Gasteiger partial charge on any atom is -0.393 e. The van der Waals surface area contributed by atoms with Gasteiger partial charge in [-0.15, -0.1) is 0 Å². The summed E-state index contributed by atoms with van der Waals surface area (Å²) in [5.74, 6) is -1.94. The van der Waals surface area contributed by atoms with Gasteiger partial charge in [-0.3, -0.25) is 4.79 Å². The number of nitrogens with one attached hydrogen (secondary N) is 1. The van der Waals surface area contributed by atoms with Gasteiger partial charge < -0.3 is 15.3 Å². The fourth-order valence-corrected chi connectivity index (χ4v) is 3.74. The van der Waals surface area contributed by atoms with Gasteiger partial charge >= 0.3 is 0 Å². The maximum atomic E-state index is 14.3. The zero-order chi connectivity index (χ0) is 20.6. The third-order valence-corrected chi connectivity index (χ3v) is 5.21. The standard InChI is InChI=1S/C23H20F2N2O2/c1-15-7-10-21-18(11-15)23(14-28,26-20-9-8-17(24)12-19(20)25)22(29)27(21)13-16-5-3-2-4-6-16/h2-12,26,28H,13-14H2,1H3. The molecule has 0 aliphatic carbocycles. The lowest BCUT2D eigenvalue weighted by atomic mass is 9.90. The largest absolute Gasteiger partial charge is 0.393 e. The van der Waals surface area contributed by atoms with Crippen LogP contribution >= 0.6 is 0 Å². The van der Waals surface area contributed by atoms with Crippen LogP contribution in [0.2, 0.25) is 0 Å². The van der Waals surface area contributed by atoms with E-state index >= 15 is 0 Å². The van der Waals surface area contributed by atoms with E-state index in [1.807, 2.05) is 55.5 Å². The van der Waals surface area contributed by atoms with Gasteiger partial charge in [-0.2, -0.15) is 0 Å². The van der Waals surface area contributed by atoms with E-state index in [1.54, 1.807) is 4.90 Å². The predicted molar refractivity (Wildman–Crippen MR) is 108 cm³/mol. The summed E-state index contributed by atoms with van der Waals surface area (Å²) in [6, 6.07) is 18.1. The number of rotatable bonds is 5. The highest BCUT2D eigenvalue weighted by Crippen LogP contribution is 2.43. The average Bonchev–Trinajstić information content (AvgIpc) is 2.93. The molecule has 0 fully saturated rings. The molecule has 1 amide bonds. The number of fused-ring (bicyclic) bond motifs is 1. The molecule has 0 saturated heterocycles. The highest BCUT2D eigenvalue weighted by atomic mass is 19.1. The van der Waals surface area contributed by atoms with Gasteiger partial charge in [0.05, 0.1) is 24.5 Å². The fourth-order valence-electron chi connectivity index (χ4n) is 3.74. The van der Waals surface area contributed by atoms with E-state index in [0.29, 0.717) is 17.8 Å². The summed E-state index contributed by atoms with van der Waals surface area (Å²) in [6.07, 6.45) is 0. The monoisotopic (exact) mass is 394 g/mol. The van der Waals surface area contributed by atoms with E-state index in [1.165, 1.54) is 6.07 Å². The van der Waals surface area contributed by atoms with Gasteiger partial charge in [0.1, 0.15) is 11.6 Å². The minimum absolute atomic E-state index is 0.0529. The molecule has 0 spiro atoms. The van der Waals surface area contributed by atoms with Crippen molar-refractivity contribution in [1.29, 1.82) is 0 Å². The Balaban J connectivity index is 1.81. The first-order valence-electron chi connectivity index (χ1n) is 9.26. The van der Waals surface area contributed by atoms with E-state index in [0.717, 1.165) is 23.3 Å². The predicted octanol–water partition coefficient (Wildman–Crippen LogP) is 4.12. The first-order chi connectivity index (χ1) is 13.9. The summed E-state index contributed by atoms with van der Waals surface area (Å²) in [5.41, 5.74) is 1.42. The molecule has 0 radical (unpaired) electrons. The van der Waals surface area contributed by atoms with Crippen LogP contribution in [-0.4, -0.2) is 17.6 Å². The van der Waals surface area contributed by atoms with Gasteiger partial charge in [0.2, 0.25) is 0 Å². The van der Waals surface area contributed by atoms with Crippen LogP contribution in [0.25, 0.3) is 0 Å². The highest BCUT2D eigenvalue weighted by Gasteiger charge is 2.51. The van der Waals surface area contributed by atoms with Gasteiger partial charge in [0, 0.05) is 11.6 Å². The van der Waals surface area contributed by atoms with Gasteiger partial charge in [-0.25, -0.2) is 8.78 Å². The molecule has 4 nitrogen and oxygen atoms in total. The Morgan fingerprint density at radius 1 is 1.03 bits per heavy atom. The van der Waals surface area contributed by atoms with Crippen molar-refractivity contribution in [2.75, 3.05) is 16.8 Å². The SMILES string of the molecule is Cc1ccc2c(c1)C(CO)(Nc1ccc(F)cc1F)C(=O)N2Cc1ccccc1. The summed E-state index contributed by atoms with van der Waals surface area (Å²) < 4.78 is 27.6. The van der Waals surface area contributed by atoms with Crippen molar-refractivity contribution in [3.8, 4) is 0 Å². The Kier molecular flexibility index (Phi) is 4.80. The van der Waals surface area contributed by atoms with E-state index in [9.17, 15) is 18.7 Å².